The Hall–Kier alpha value is -4.41. The van der Waals surface area contributed by atoms with Crippen molar-refractivity contribution >= 4 is 11.6 Å². The molecule has 31 heavy (non-hydrogen) atoms. The maximum Gasteiger partial charge on any atom is 0.288 e. The number of nitrogens with zero attached hydrogens (tertiary/aromatic N) is 8. The van der Waals surface area contributed by atoms with E-state index in [2.05, 4.69) is 25.1 Å². The molecule has 5 rings (SSSR count). The van der Waals surface area contributed by atoms with Crippen LogP contribution in [0.5, 0.6) is 0 Å². The van der Waals surface area contributed by atoms with Crippen LogP contribution in [0.2, 0.25) is 0 Å². The fraction of sp³-hybridized carbons (Fsp3) is 0.100. The van der Waals surface area contributed by atoms with Crippen LogP contribution in [-0.2, 0) is 7.05 Å². The number of amides is 1. The first-order valence-corrected chi connectivity index (χ1v) is 9.28. The fourth-order valence-corrected chi connectivity index (χ4v) is 3.31. The molecule has 0 spiro atoms. The van der Waals surface area contributed by atoms with Crippen molar-refractivity contribution < 1.29 is 9.18 Å². The van der Waals surface area contributed by atoms with Gasteiger partial charge in [-0.05, 0) is 43.3 Å². The minimum Gasteiger partial charge on any atom is -0.363 e. The molecule has 154 valence electrons. The van der Waals surface area contributed by atoms with E-state index >= 15 is 0 Å². The number of hydrogen-bond acceptors (Lipinski definition) is 6. The van der Waals surface area contributed by atoms with Gasteiger partial charge in [0.2, 0.25) is 5.82 Å². The molecule has 1 aromatic carbocycles. The van der Waals surface area contributed by atoms with Crippen molar-refractivity contribution in [1.29, 1.82) is 0 Å². The fourth-order valence-electron chi connectivity index (χ4n) is 3.31. The van der Waals surface area contributed by atoms with Gasteiger partial charge >= 0.3 is 0 Å². The third-order valence-corrected chi connectivity index (χ3v) is 4.93. The molecule has 0 saturated heterocycles. The first-order chi connectivity index (χ1) is 14.9. The SMILES string of the molecule is Cc1nc(-c2ccc(F)cc2)c(-c2ccc3nc(-n4cnc(C(N)=O)n4)cn3n2)n1C. The topological polar surface area (TPSA) is 122 Å². The van der Waals surface area contributed by atoms with Gasteiger partial charge in [0.15, 0.2) is 11.5 Å². The van der Waals surface area contributed by atoms with Gasteiger partial charge in [0.25, 0.3) is 5.91 Å². The van der Waals surface area contributed by atoms with Crippen molar-refractivity contribution in [3.05, 3.63) is 66.4 Å². The second kappa shape index (κ2) is 6.83. The number of benzene rings is 1. The van der Waals surface area contributed by atoms with E-state index in [9.17, 15) is 9.18 Å². The van der Waals surface area contributed by atoms with Gasteiger partial charge in [-0.25, -0.2) is 28.5 Å². The number of carbonyl (C=O) groups excluding carboxylic acids is 1. The Morgan fingerprint density at radius 1 is 1.06 bits per heavy atom. The molecule has 4 heterocycles. The van der Waals surface area contributed by atoms with Crippen LogP contribution in [0.3, 0.4) is 0 Å². The second-order valence-electron chi connectivity index (χ2n) is 6.92. The van der Waals surface area contributed by atoms with Crippen LogP contribution in [0.1, 0.15) is 16.4 Å². The molecule has 0 bridgehead atoms. The summed E-state index contributed by atoms with van der Waals surface area (Å²) in [6.45, 7) is 1.89. The van der Waals surface area contributed by atoms with E-state index in [1.54, 1.807) is 22.8 Å². The summed E-state index contributed by atoms with van der Waals surface area (Å²) in [7, 11) is 1.90. The Morgan fingerprint density at radius 3 is 2.55 bits per heavy atom. The van der Waals surface area contributed by atoms with Gasteiger partial charge in [0.1, 0.15) is 23.7 Å². The number of nitrogens with two attached hydrogens (primary N) is 1. The zero-order valence-electron chi connectivity index (χ0n) is 16.6. The number of aromatic nitrogens is 8. The standard InChI is InChI=1S/C20H16FN9O/c1-11-24-17(12-3-5-13(21)6-4-12)18(28(11)2)14-7-8-15-25-16(9-29(15)26-14)30-10-23-20(27-30)19(22)31/h3-10H,1-2H3,(H2,22,31). The summed E-state index contributed by atoms with van der Waals surface area (Å²) >= 11 is 0. The number of fused-ring (bicyclic) bond motifs is 1. The van der Waals surface area contributed by atoms with Gasteiger partial charge in [-0.1, -0.05) is 0 Å². The number of halogens is 1. The minimum atomic E-state index is -0.720. The Balaban J connectivity index is 1.61. The highest BCUT2D eigenvalue weighted by molar-refractivity contribution is 5.88. The molecule has 10 nitrogen and oxygen atoms in total. The predicted octanol–water partition coefficient (Wildman–Crippen LogP) is 1.92. The molecule has 0 atom stereocenters. The highest BCUT2D eigenvalue weighted by Gasteiger charge is 2.19. The minimum absolute atomic E-state index is 0.0972. The van der Waals surface area contributed by atoms with Crippen molar-refractivity contribution in [2.24, 2.45) is 12.8 Å². The molecular weight excluding hydrogens is 401 g/mol. The molecule has 11 heteroatoms. The van der Waals surface area contributed by atoms with Crippen LogP contribution in [0.4, 0.5) is 4.39 Å². The lowest BCUT2D eigenvalue weighted by Crippen LogP contribution is -2.13. The predicted molar refractivity (Wildman–Crippen MR) is 109 cm³/mol. The van der Waals surface area contributed by atoms with Crippen LogP contribution in [0.25, 0.3) is 34.1 Å². The van der Waals surface area contributed by atoms with E-state index in [0.29, 0.717) is 22.9 Å². The van der Waals surface area contributed by atoms with E-state index in [-0.39, 0.29) is 11.6 Å². The molecule has 0 unspecified atom stereocenters. The smallest absolute Gasteiger partial charge is 0.288 e. The van der Waals surface area contributed by atoms with Crippen molar-refractivity contribution in [3.63, 3.8) is 0 Å². The molecule has 0 aliphatic carbocycles. The number of imidazole rings is 2. The van der Waals surface area contributed by atoms with Crippen molar-refractivity contribution in [2.75, 3.05) is 0 Å². The van der Waals surface area contributed by atoms with E-state index in [0.717, 1.165) is 17.1 Å². The number of hydrogen-bond donors (Lipinski definition) is 1. The van der Waals surface area contributed by atoms with E-state index in [1.807, 2.05) is 30.7 Å². The zero-order chi connectivity index (χ0) is 21.7. The van der Waals surface area contributed by atoms with Crippen LogP contribution in [0.15, 0.2) is 48.9 Å². The van der Waals surface area contributed by atoms with Gasteiger partial charge < -0.3 is 10.3 Å². The summed E-state index contributed by atoms with van der Waals surface area (Å²) in [6.07, 6.45) is 3.03. The van der Waals surface area contributed by atoms with Gasteiger partial charge in [0.05, 0.1) is 17.6 Å². The summed E-state index contributed by atoms with van der Waals surface area (Å²) in [5, 5.41) is 8.69. The average Bonchev–Trinajstić information content (AvgIpc) is 3.46. The van der Waals surface area contributed by atoms with Gasteiger partial charge in [0, 0.05) is 12.6 Å². The molecule has 0 aliphatic rings. The van der Waals surface area contributed by atoms with Crippen molar-refractivity contribution in [3.8, 4) is 28.5 Å². The Bertz CT molecular complexity index is 1450. The summed E-state index contributed by atoms with van der Waals surface area (Å²) in [5.74, 6) is 0.104. The van der Waals surface area contributed by atoms with Crippen LogP contribution < -0.4 is 5.73 Å². The van der Waals surface area contributed by atoms with Gasteiger partial charge in [-0.2, -0.15) is 5.10 Å². The lowest BCUT2D eigenvalue weighted by molar-refractivity contribution is 0.0990. The Morgan fingerprint density at radius 2 is 1.84 bits per heavy atom. The highest BCUT2D eigenvalue weighted by Crippen LogP contribution is 2.31. The van der Waals surface area contributed by atoms with E-state index in [1.165, 1.54) is 23.1 Å². The third kappa shape index (κ3) is 3.12. The molecule has 2 N–H and O–H groups in total. The van der Waals surface area contributed by atoms with Crippen molar-refractivity contribution in [1.82, 2.24) is 38.9 Å². The lowest BCUT2D eigenvalue weighted by Gasteiger charge is -2.07. The first-order valence-electron chi connectivity index (χ1n) is 9.28. The van der Waals surface area contributed by atoms with Crippen LogP contribution >= 0.6 is 0 Å². The molecule has 0 radical (unpaired) electrons. The number of carbonyl (C=O) groups is 1. The zero-order valence-corrected chi connectivity index (χ0v) is 16.6. The quantitative estimate of drug-likeness (QED) is 0.477. The molecule has 4 aromatic heterocycles. The van der Waals surface area contributed by atoms with Crippen LogP contribution in [-0.4, -0.2) is 44.8 Å². The highest BCUT2D eigenvalue weighted by atomic mass is 19.1. The van der Waals surface area contributed by atoms with E-state index < -0.39 is 5.91 Å². The molecular formula is C20H16FN9O. The summed E-state index contributed by atoms with van der Waals surface area (Å²) in [6, 6.07) is 9.84. The molecule has 0 saturated carbocycles. The number of rotatable bonds is 4. The maximum atomic E-state index is 13.4. The summed E-state index contributed by atoms with van der Waals surface area (Å²) in [5.41, 5.74) is 8.73. The Kier molecular flexibility index (Phi) is 4.10. The number of primary amides is 1. The Labute approximate surface area is 174 Å². The van der Waals surface area contributed by atoms with Gasteiger partial charge in [-0.15, -0.1) is 5.10 Å². The largest absolute Gasteiger partial charge is 0.363 e. The maximum absolute atomic E-state index is 13.4. The second-order valence-corrected chi connectivity index (χ2v) is 6.92. The molecule has 0 fully saturated rings. The lowest BCUT2D eigenvalue weighted by atomic mass is 10.1. The average molecular weight is 417 g/mol. The molecule has 1 amide bonds. The van der Waals surface area contributed by atoms with Crippen molar-refractivity contribution in [2.45, 2.75) is 6.92 Å². The first kappa shape index (κ1) is 18.6. The third-order valence-electron chi connectivity index (χ3n) is 4.93. The monoisotopic (exact) mass is 417 g/mol. The van der Waals surface area contributed by atoms with E-state index in [4.69, 9.17) is 5.73 Å². The van der Waals surface area contributed by atoms with Gasteiger partial charge in [-0.3, -0.25) is 4.79 Å². The summed E-state index contributed by atoms with van der Waals surface area (Å²) in [4.78, 5) is 24.2. The summed E-state index contributed by atoms with van der Waals surface area (Å²) < 4.78 is 18.3. The van der Waals surface area contributed by atoms with Crippen LogP contribution in [0, 0.1) is 12.7 Å². The molecule has 5 aromatic rings. The number of aryl methyl sites for hydroxylation is 1. The normalized spacial score (nSPS) is 11.3. The molecule has 0 aliphatic heterocycles.